The lowest BCUT2D eigenvalue weighted by Gasteiger charge is -2.06. The SMILES string of the molecule is COC(=O)Cn1c(SCC(=O)O)nc2cc(Cl)c(F)cc21. The summed E-state index contributed by atoms with van der Waals surface area (Å²) in [7, 11) is 1.23. The fraction of sp³-hybridized carbons (Fsp3) is 0.250. The van der Waals surface area contributed by atoms with E-state index >= 15 is 0 Å². The second kappa shape index (κ2) is 6.31. The van der Waals surface area contributed by atoms with Crippen molar-refractivity contribution in [3.63, 3.8) is 0 Å². The van der Waals surface area contributed by atoms with Gasteiger partial charge >= 0.3 is 11.9 Å². The molecular formula is C12H10ClFN2O4S. The molecule has 1 aromatic heterocycles. The number of aromatic nitrogens is 2. The molecular weight excluding hydrogens is 323 g/mol. The maximum Gasteiger partial charge on any atom is 0.325 e. The molecule has 21 heavy (non-hydrogen) atoms. The van der Waals surface area contributed by atoms with Crippen molar-refractivity contribution in [3.05, 3.63) is 23.0 Å². The second-order valence-electron chi connectivity index (χ2n) is 3.99. The number of imidazole rings is 1. The lowest BCUT2D eigenvalue weighted by Crippen LogP contribution is -2.13. The van der Waals surface area contributed by atoms with Crippen molar-refractivity contribution >= 4 is 46.3 Å². The summed E-state index contributed by atoms with van der Waals surface area (Å²) in [5, 5.41) is 8.91. The first-order valence-corrected chi connectivity index (χ1v) is 7.05. The highest BCUT2D eigenvalue weighted by molar-refractivity contribution is 7.99. The number of rotatable bonds is 5. The molecule has 1 aromatic carbocycles. The van der Waals surface area contributed by atoms with Crippen LogP contribution in [0.5, 0.6) is 0 Å². The molecule has 0 amide bonds. The Morgan fingerprint density at radius 1 is 1.52 bits per heavy atom. The third kappa shape index (κ3) is 3.45. The van der Waals surface area contributed by atoms with Gasteiger partial charge in [0.05, 0.1) is 28.9 Å². The van der Waals surface area contributed by atoms with E-state index in [9.17, 15) is 14.0 Å². The molecule has 0 aliphatic rings. The summed E-state index contributed by atoms with van der Waals surface area (Å²) in [6.45, 7) is -0.198. The molecule has 112 valence electrons. The molecule has 0 aliphatic heterocycles. The Kier molecular flexibility index (Phi) is 4.69. The maximum absolute atomic E-state index is 13.6. The molecule has 0 atom stereocenters. The highest BCUT2D eigenvalue weighted by atomic mass is 35.5. The van der Waals surface area contributed by atoms with Gasteiger partial charge in [-0.25, -0.2) is 9.37 Å². The Morgan fingerprint density at radius 3 is 2.86 bits per heavy atom. The summed E-state index contributed by atoms with van der Waals surface area (Å²) in [6, 6.07) is 2.48. The van der Waals surface area contributed by atoms with Gasteiger partial charge in [0.2, 0.25) is 0 Å². The molecule has 0 unspecified atom stereocenters. The molecule has 0 spiro atoms. The van der Waals surface area contributed by atoms with Crippen molar-refractivity contribution in [1.82, 2.24) is 9.55 Å². The second-order valence-corrected chi connectivity index (χ2v) is 5.34. The van der Waals surface area contributed by atoms with Gasteiger partial charge in [-0.3, -0.25) is 9.59 Å². The first kappa shape index (κ1) is 15.6. The van der Waals surface area contributed by atoms with Gasteiger partial charge in [-0.1, -0.05) is 23.4 Å². The van der Waals surface area contributed by atoms with Gasteiger partial charge in [0.25, 0.3) is 0 Å². The molecule has 6 nitrogen and oxygen atoms in total. The number of carboxylic acids is 1. The zero-order chi connectivity index (χ0) is 15.6. The number of methoxy groups -OCH3 is 1. The van der Waals surface area contributed by atoms with Gasteiger partial charge in [-0.2, -0.15) is 0 Å². The Bertz CT molecular complexity index is 719. The first-order valence-electron chi connectivity index (χ1n) is 5.69. The number of nitrogens with zero attached hydrogens (tertiary/aromatic N) is 2. The van der Waals surface area contributed by atoms with Crippen LogP contribution in [0.1, 0.15) is 0 Å². The lowest BCUT2D eigenvalue weighted by molar-refractivity contribution is -0.141. The zero-order valence-electron chi connectivity index (χ0n) is 10.8. The van der Waals surface area contributed by atoms with Gasteiger partial charge in [0.15, 0.2) is 5.16 Å². The fourth-order valence-corrected chi connectivity index (χ4v) is 2.57. The molecule has 2 aromatic rings. The predicted octanol–water partition coefficient (Wildman–Crippen LogP) is 2.18. The normalized spacial score (nSPS) is 10.8. The topological polar surface area (TPSA) is 81.4 Å². The molecule has 0 saturated heterocycles. The summed E-state index contributed by atoms with van der Waals surface area (Å²) in [5.41, 5.74) is 0.716. The number of thioether (sulfide) groups is 1. The van der Waals surface area contributed by atoms with Gasteiger partial charge in [-0.15, -0.1) is 0 Å². The third-order valence-electron chi connectivity index (χ3n) is 2.59. The third-order valence-corrected chi connectivity index (χ3v) is 3.85. The fourth-order valence-electron chi connectivity index (χ4n) is 1.68. The monoisotopic (exact) mass is 332 g/mol. The van der Waals surface area contributed by atoms with Crippen LogP contribution in [-0.2, 0) is 20.9 Å². The van der Waals surface area contributed by atoms with Crippen molar-refractivity contribution in [2.24, 2.45) is 0 Å². The molecule has 1 N–H and O–H groups in total. The van der Waals surface area contributed by atoms with E-state index in [0.717, 1.165) is 17.8 Å². The highest BCUT2D eigenvalue weighted by Crippen LogP contribution is 2.28. The van der Waals surface area contributed by atoms with Crippen molar-refractivity contribution in [1.29, 1.82) is 0 Å². The average Bonchev–Trinajstić information content (AvgIpc) is 2.74. The largest absolute Gasteiger partial charge is 0.481 e. The van der Waals surface area contributed by atoms with Crippen LogP contribution in [-0.4, -0.2) is 39.5 Å². The van der Waals surface area contributed by atoms with Crippen LogP contribution < -0.4 is 0 Å². The molecule has 0 radical (unpaired) electrons. The number of carbonyl (C=O) groups excluding carboxylic acids is 1. The zero-order valence-corrected chi connectivity index (χ0v) is 12.4. The average molecular weight is 333 g/mol. The summed E-state index contributed by atoms with van der Waals surface area (Å²) in [4.78, 5) is 26.3. The van der Waals surface area contributed by atoms with Crippen LogP contribution in [0.15, 0.2) is 17.3 Å². The Hall–Kier alpha value is -1.80. The van der Waals surface area contributed by atoms with Crippen LogP contribution in [0.4, 0.5) is 4.39 Å². The molecule has 0 saturated carbocycles. The van der Waals surface area contributed by atoms with E-state index in [1.54, 1.807) is 0 Å². The number of ether oxygens (including phenoxy) is 1. The van der Waals surface area contributed by atoms with Crippen LogP contribution in [0, 0.1) is 5.82 Å². The van der Waals surface area contributed by atoms with Crippen molar-refractivity contribution in [3.8, 4) is 0 Å². The number of halogens is 2. The van der Waals surface area contributed by atoms with E-state index in [1.807, 2.05) is 0 Å². The van der Waals surface area contributed by atoms with E-state index < -0.39 is 17.8 Å². The lowest BCUT2D eigenvalue weighted by atomic mass is 10.3. The van der Waals surface area contributed by atoms with E-state index in [0.29, 0.717) is 11.0 Å². The van der Waals surface area contributed by atoms with E-state index in [-0.39, 0.29) is 22.5 Å². The number of carboxylic acid groups (broad SMARTS) is 1. The van der Waals surface area contributed by atoms with Crippen LogP contribution in [0.2, 0.25) is 5.02 Å². The number of aliphatic carboxylic acids is 1. The Morgan fingerprint density at radius 2 is 2.24 bits per heavy atom. The summed E-state index contributed by atoms with van der Waals surface area (Å²) < 4.78 is 19.6. The van der Waals surface area contributed by atoms with E-state index in [1.165, 1.54) is 17.7 Å². The van der Waals surface area contributed by atoms with Crippen molar-refractivity contribution < 1.29 is 23.8 Å². The van der Waals surface area contributed by atoms with Gasteiger partial charge in [-0.05, 0) is 6.07 Å². The van der Waals surface area contributed by atoms with Gasteiger partial charge < -0.3 is 14.4 Å². The van der Waals surface area contributed by atoms with E-state index in [2.05, 4.69) is 9.72 Å². The van der Waals surface area contributed by atoms with Crippen LogP contribution in [0.25, 0.3) is 11.0 Å². The minimum atomic E-state index is -1.03. The minimum absolute atomic E-state index is 0.0972. The smallest absolute Gasteiger partial charge is 0.325 e. The molecule has 0 aliphatic carbocycles. The number of fused-ring (bicyclic) bond motifs is 1. The van der Waals surface area contributed by atoms with Crippen molar-refractivity contribution in [2.75, 3.05) is 12.9 Å². The molecule has 1 heterocycles. The van der Waals surface area contributed by atoms with E-state index in [4.69, 9.17) is 16.7 Å². The number of hydrogen-bond acceptors (Lipinski definition) is 5. The molecule has 0 fully saturated rings. The number of carbonyl (C=O) groups is 2. The standard InChI is InChI=1S/C12H10ClFN2O4S/c1-20-11(19)4-16-9-3-7(14)6(13)2-8(9)15-12(16)21-5-10(17)18/h2-3H,4-5H2,1H3,(H,17,18). The number of hydrogen-bond donors (Lipinski definition) is 1. The number of benzene rings is 1. The van der Waals surface area contributed by atoms with Crippen LogP contribution >= 0.6 is 23.4 Å². The van der Waals surface area contributed by atoms with Gasteiger partial charge in [0.1, 0.15) is 12.4 Å². The maximum atomic E-state index is 13.6. The Balaban J connectivity index is 2.51. The van der Waals surface area contributed by atoms with Crippen molar-refractivity contribution in [2.45, 2.75) is 11.7 Å². The molecule has 2 rings (SSSR count). The summed E-state index contributed by atoms with van der Waals surface area (Å²) in [6.07, 6.45) is 0. The summed E-state index contributed by atoms with van der Waals surface area (Å²) in [5.74, 6) is -2.46. The van der Waals surface area contributed by atoms with Crippen LogP contribution in [0.3, 0.4) is 0 Å². The number of esters is 1. The van der Waals surface area contributed by atoms with Gasteiger partial charge in [0, 0.05) is 6.07 Å². The summed E-state index contributed by atoms with van der Waals surface area (Å²) >= 11 is 6.62. The molecule has 0 bridgehead atoms. The quantitative estimate of drug-likeness (QED) is 0.667. The highest BCUT2D eigenvalue weighted by Gasteiger charge is 2.17. The minimum Gasteiger partial charge on any atom is -0.481 e. The predicted molar refractivity (Wildman–Crippen MR) is 75.1 cm³/mol. The Labute approximate surface area is 127 Å². The first-order chi connectivity index (χ1) is 9.92. The molecule has 9 heteroatoms.